The van der Waals surface area contributed by atoms with Crippen LogP contribution in [0, 0.1) is 5.92 Å². The average molecular weight is 269 g/mol. The van der Waals surface area contributed by atoms with E-state index in [-0.39, 0.29) is 5.38 Å². The van der Waals surface area contributed by atoms with Crippen molar-refractivity contribution in [2.45, 2.75) is 38.5 Å². The Bertz CT molecular complexity index is 298. The van der Waals surface area contributed by atoms with Gasteiger partial charge in [-0.15, -0.1) is 11.6 Å². The van der Waals surface area contributed by atoms with Crippen molar-refractivity contribution in [3.63, 3.8) is 0 Å². The zero-order valence-corrected chi connectivity index (χ0v) is 11.5. The van der Waals surface area contributed by atoms with E-state index in [1.165, 1.54) is 4.31 Å². The van der Waals surface area contributed by atoms with Gasteiger partial charge in [-0.1, -0.05) is 6.92 Å². The summed E-state index contributed by atoms with van der Waals surface area (Å²) in [5, 5.41) is 0.00378. The molecule has 1 unspecified atom stereocenters. The molecule has 0 aliphatic carbocycles. The fourth-order valence-electron chi connectivity index (χ4n) is 1.70. The van der Waals surface area contributed by atoms with E-state index in [0.717, 1.165) is 12.8 Å². The number of piperidine rings is 1. The lowest BCUT2D eigenvalue weighted by molar-refractivity contribution is 0.285. The van der Waals surface area contributed by atoms with Crippen LogP contribution < -0.4 is 4.72 Å². The summed E-state index contributed by atoms with van der Waals surface area (Å²) in [6.45, 7) is 5.70. The zero-order chi connectivity index (χ0) is 12.2. The Hall–Kier alpha value is 0.160. The number of hydrogen-bond donors (Lipinski definition) is 1. The van der Waals surface area contributed by atoms with Crippen LogP contribution in [-0.2, 0) is 10.2 Å². The molecule has 1 aliphatic heterocycles. The molecule has 0 saturated carbocycles. The zero-order valence-electron chi connectivity index (χ0n) is 9.95. The van der Waals surface area contributed by atoms with Crippen LogP contribution in [0.2, 0.25) is 0 Å². The van der Waals surface area contributed by atoms with Crippen molar-refractivity contribution in [3.8, 4) is 0 Å². The molecule has 1 atom stereocenters. The molecule has 0 amide bonds. The van der Waals surface area contributed by atoms with Crippen molar-refractivity contribution in [1.29, 1.82) is 0 Å². The molecule has 0 radical (unpaired) electrons. The van der Waals surface area contributed by atoms with Crippen LogP contribution in [0.3, 0.4) is 0 Å². The van der Waals surface area contributed by atoms with Gasteiger partial charge in [0, 0.05) is 25.0 Å². The Kier molecular flexibility index (Phi) is 5.50. The molecular formula is C10H21ClN2O2S. The standard InChI is InChI=1S/C10H21ClN2O2S/c1-9-4-7-13(8-5-9)16(14,15)12-6-3-10(2)11/h9-10,12H,3-8H2,1-2H3. The highest BCUT2D eigenvalue weighted by Crippen LogP contribution is 2.17. The van der Waals surface area contributed by atoms with Gasteiger partial charge in [0.2, 0.25) is 0 Å². The van der Waals surface area contributed by atoms with Crippen LogP contribution in [0.1, 0.15) is 33.1 Å². The number of rotatable bonds is 5. The lowest BCUT2D eigenvalue weighted by Gasteiger charge is -2.29. The van der Waals surface area contributed by atoms with E-state index in [0.29, 0.717) is 32.0 Å². The van der Waals surface area contributed by atoms with E-state index in [1.54, 1.807) is 0 Å². The van der Waals surface area contributed by atoms with Crippen LogP contribution in [0.5, 0.6) is 0 Å². The molecule has 1 heterocycles. The first-order valence-corrected chi connectivity index (χ1v) is 7.68. The van der Waals surface area contributed by atoms with Gasteiger partial charge in [0.25, 0.3) is 10.2 Å². The molecule has 1 N–H and O–H groups in total. The second-order valence-electron chi connectivity index (χ2n) is 4.55. The summed E-state index contributed by atoms with van der Waals surface area (Å²) in [5.74, 6) is 0.634. The minimum Gasteiger partial charge on any atom is -0.202 e. The largest absolute Gasteiger partial charge is 0.279 e. The molecule has 16 heavy (non-hydrogen) atoms. The Morgan fingerprint density at radius 3 is 2.50 bits per heavy atom. The average Bonchev–Trinajstić information content (AvgIpc) is 2.17. The molecule has 0 aromatic carbocycles. The Morgan fingerprint density at radius 1 is 1.44 bits per heavy atom. The van der Waals surface area contributed by atoms with Gasteiger partial charge >= 0.3 is 0 Å². The van der Waals surface area contributed by atoms with Crippen LogP contribution in [0.15, 0.2) is 0 Å². The highest BCUT2D eigenvalue weighted by molar-refractivity contribution is 7.87. The predicted molar refractivity (Wildman–Crippen MR) is 66.8 cm³/mol. The molecule has 1 fully saturated rings. The minimum atomic E-state index is -3.28. The molecule has 1 saturated heterocycles. The maximum Gasteiger partial charge on any atom is 0.279 e. The second kappa shape index (κ2) is 6.19. The topological polar surface area (TPSA) is 49.4 Å². The summed E-state index contributed by atoms with van der Waals surface area (Å²) in [5.41, 5.74) is 0. The number of nitrogens with one attached hydrogen (secondary N) is 1. The second-order valence-corrected chi connectivity index (χ2v) is 7.05. The Morgan fingerprint density at radius 2 is 2.00 bits per heavy atom. The van der Waals surface area contributed by atoms with E-state index in [4.69, 9.17) is 11.6 Å². The monoisotopic (exact) mass is 268 g/mol. The van der Waals surface area contributed by atoms with E-state index < -0.39 is 10.2 Å². The van der Waals surface area contributed by atoms with E-state index >= 15 is 0 Å². The Labute approximate surface area is 104 Å². The summed E-state index contributed by atoms with van der Waals surface area (Å²) in [4.78, 5) is 0. The molecule has 0 spiro atoms. The van der Waals surface area contributed by atoms with E-state index in [1.807, 2.05) is 6.92 Å². The van der Waals surface area contributed by atoms with Gasteiger partial charge in [-0.25, -0.2) is 4.72 Å². The number of halogens is 1. The van der Waals surface area contributed by atoms with Gasteiger partial charge in [0.1, 0.15) is 0 Å². The van der Waals surface area contributed by atoms with Crippen LogP contribution in [-0.4, -0.2) is 37.7 Å². The van der Waals surface area contributed by atoms with Gasteiger partial charge in [0.05, 0.1) is 0 Å². The summed E-state index contributed by atoms with van der Waals surface area (Å²) in [6.07, 6.45) is 2.56. The van der Waals surface area contributed by atoms with Crippen molar-refractivity contribution in [3.05, 3.63) is 0 Å². The van der Waals surface area contributed by atoms with Gasteiger partial charge < -0.3 is 0 Å². The maximum absolute atomic E-state index is 11.8. The number of nitrogens with zero attached hydrogens (tertiary/aromatic N) is 1. The minimum absolute atomic E-state index is 0.00378. The molecule has 4 nitrogen and oxygen atoms in total. The van der Waals surface area contributed by atoms with Crippen molar-refractivity contribution < 1.29 is 8.42 Å². The van der Waals surface area contributed by atoms with Crippen LogP contribution >= 0.6 is 11.6 Å². The summed E-state index contributed by atoms with van der Waals surface area (Å²) >= 11 is 5.76. The van der Waals surface area contributed by atoms with Crippen molar-refractivity contribution in [2.75, 3.05) is 19.6 Å². The first-order chi connectivity index (χ1) is 7.42. The summed E-state index contributed by atoms with van der Waals surface area (Å²) in [6, 6.07) is 0. The fourth-order valence-corrected chi connectivity index (χ4v) is 3.06. The van der Waals surface area contributed by atoms with Gasteiger partial charge in [0.15, 0.2) is 0 Å². The molecule has 0 bridgehead atoms. The SMILES string of the molecule is CC(Cl)CCNS(=O)(=O)N1CCC(C)CC1. The van der Waals surface area contributed by atoms with Crippen molar-refractivity contribution in [2.24, 2.45) is 5.92 Å². The summed E-state index contributed by atoms with van der Waals surface area (Å²) in [7, 11) is -3.28. The first-order valence-electron chi connectivity index (χ1n) is 5.80. The van der Waals surface area contributed by atoms with Crippen molar-refractivity contribution >= 4 is 21.8 Å². The van der Waals surface area contributed by atoms with Crippen LogP contribution in [0.4, 0.5) is 0 Å². The molecule has 0 aromatic rings. The Balaban J connectivity index is 2.38. The lowest BCUT2D eigenvalue weighted by atomic mass is 10.0. The van der Waals surface area contributed by atoms with Crippen LogP contribution in [0.25, 0.3) is 0 Å². The first kappa shape index (κ1) is 14.2. The van der Waals surface area contributed by atoms with Gasteiger partial charge in [-0.05, 0) is 32.1 Å². The van der Waals surface area contributed by atoms with Gasteiger partial charge in [-0.2, -0.15) is 12.7 Å². The number of alkyl halides is 1. The smallest absolute Gasteiger partial charge is 0.202 e. The third-order valence-electron chi connectivity index (χ3n) is 2.91. The normalized spacial score (nSPS) is 22.2. The number of hydrogen-bond acceptors (Lipinski definition) is 2. The quantitative estimate of drug-likeness (QED) is 0.770. The molecular weight excluding hydrogens is 248 g/mol. The predicted octanol–water partition coefficient (Wildman–Crippen LogP) is 1.57. The highest BCUT2D eigenvalue weighted by Gasteiger charge is 2.25. The molecule has 1 aliphatic rings. The van der Waals surface area contributed by atoms with Crippen molar-refractivity contribution in [1.82, 2.24) is 9.03 Å². The molecule has 96 valence electrons. The van der Waals surface area contributed by atoms with E-state index in [9.17, 15) is 8.42 Å². The summed E-state index contributed by atoms with van der Waals surface area (Å²) < 4.78 is 27.8. The molecule has 1 rings (SSSR count). The fraction of sp³-hybridized carbons (Fsp3) is 1.00. The third-order valence-corrected chi connectivity index (χ3v) is 4.74. The van der Waals surface area contributed by atoms with E-state index in [2.05, 4.69) is 11.6 Å². The van der Waals surface area contributed by atoms with Gasteiger partial charge in [-0.3, -0.25) is 0 Å². The molecule has 6 heteroatoms. The molecule has 0 aromatic heterocycles. The highest BCUT2D eigenvalue weighted by atomic mass is 35.5. The maximum atomic E-state index is 11.8. The lowest BCUT2D eigenvalue weighted by Crippen LogP contribution is -2.45. The third kappa shape index (κ3) is 4.57.